The third-order valence-corrected chi connectivity index (χ3v) is 19.5. The van der Waals surface area contributed by atoms with Crippen molar-refractivity contribution in [2.75, 3.05) is 0 Å². The Balaban J connectivity index is 0.000000141. The van der Waals surface area contributed by atoms with Crippen molar-refractivity contribution < 1.29 is 7.67 Å². The van der Waals surface area contributed by atoms with E-state index in [0.717, 1.165) is 92.2 Å². The Bertz CT molecular complexity index is 3790. The first-order valence-electron chi connectivity index (χ1n) is 22.7. The van der Waals surface area contributed by atoms with Crippen molar-refractivity contribution in [1.82, 2.24) is 62.5 Å². The maximum atomic E-state index is 8.44. The van der Waals surface area contributed by atoms with Gasteiger partial charge in [-0.15, -0.1) is 0 Å². The molecule has 2 N–H and O–H groups in total. The van der Waals surface area contributed by atoms with E-state index in [1.54, 1.807) is 18.6 Å². The van der Waals surface area contributed by atoms with E-state index < -0.39 is 14.8 Å². The zero-order chi connectivity index (χ0) is 50.5. The van der Waals surface area contributed by atoms with Gasteiger partial charge in [-0.3, -0.25) is 4.98 Å². The summed E-state index contributed by atoms with van der Waals surface area (Å²) in [6.45, 7) is 0.529. The molecule has 13 aromatic heterocycles. The van der Waals surface area contributed by atoms with E-state index >= 15 is 0 Å². The quantitative estimate of drug-likeness (QED) is 0.189. The van der Waals surface area contributed by atoms with Crippen LogP contribution in [-0.4, -0.2) is 117 Å². The summed E-state index contributed by atoms with van der Waals surface area (Å²) < 4.78 is 29.7. The predicted molar refractivity (Wildman–Crippen MR) is 289 cm³/mol. The summed E-state index contributed by atoms with van der Waals surface area (Å²) in [5, 5.41) is 0. The van der Waals surface area contributed by atoms with E-state index in [0.29, 0.717) is 6.54 Å². The Labute approximate surface area is 445 Å². The summed E-state index contributed by atoms with van der Waals surface area (Å²) in [5.41, 5.74) is 14.2. The number of fused-ring (bicyclic) bond motifs is 4. The molecule has 0 aliphatic rings. The molecule has 0 saturated heterocycles. The predicted octanol–water partition coefficient (Wildman–Crippen LogP) is 5.06. The second kappa shape index (κ2) is 24.2. The third-order valence-electron chi connectivity index (χ3n) is 11.0. The van der Waals surface area contributed by atoms with Gasteiger partial charge in [0.25, 0.3) is 0 Å². The molecule has 0 atom stereocenters. The van der Waals surface area contributed by atoms with E-state index in [9.17, 15) is 0 Å². The molecule has 0 bridgehead atoms. The number of imidazole rings is 4. The zero-order valence-corrected chi connectivity index (χ0v) is 45.7. The summed E-state index contributed by atoms with van der Waals surface area (Å²) in [7, 11) is 0. The third kappa shape index (κ3) is 11.2. The molecule has 13 aromatic rings. The van der Waals surface area contributed by atoms with Crippen LogP contribution in [0.4, 0.5) is 0 Å². The molecular formula is C54H40N14O2Se4. The second-order valence-electron chi connectivity index (χ2n) is 15.5. The van der Waals surface area contributed by atoms with Crippen molar-refractivity contribution in [2.24, 2.45) is 5.73 Å². The first-order chi connectivity index (χ1) is 36.6. The summed E-state index contributed by atoms with van der Waals surface area (Å²) >= 11 is -1.39. The molecular weight excluding hydrogens is 1190 g/mol. The molecule has 13 heterocycles. The number of aromatic nitrogens is 13. The molecule has 74 heavy (non-hydrogen) atoms. The zero-order valence-electron chi connectivity index (χ0n) is 38.8. The van der Waals surface area contributed by atoms with Gasteiger partial charge in [0, 0.05) is 12.7 Å². The van der Waals surface area contributed by atoms with Crippen molar-refractivity contribution in [3.63, 3.8) is 0 Å². The molecule has 0 saturated carbocycles. The Morgan fingerprint density at radius 2 is 0.635 bits per heavy atom. The van der Waals surface area contributed by atoms with E-state index in [2.05, 4.69) is 91.3 Å². The van der Waals surface area contributed by atoms with Crippen molar-refractivity contribution in [2.45, 2.75) is 6.54 Å². The maximum absolute atomic E-state index is 8.44. The molecule has 16 nitrogen and oxygen atoms in total. The van der Waals surface area contributed by atoms with Gasteiger partial charge >= 0.3 is 402 Å². The molecule has 20 heteroatoms. The van der Waals surface area contributed by atoms with Gasteiger partial charge in [0.05, 0.1) is 5.69 Å². The minimum absolute atomic E-state index is 0.0979. The van der Waals surface area contributed by atoms with E-state index in [1.165, 1.54) is 0 Å². The SMILES string of the molecule is NCc1ccccn1.O=[Se]=O.c1ccc(-c2nc(/[Se]=[Se]/c3nc(-c4ccccn4)n4ccccc34)c3ccccn23)nc1.c1ccc(-c2nc([Se]c3nc(-c4ccccn4)n4ccccc34)c3ccccn23)nc1. The molecule has 0 aliphatic carbocycles. The molecule has 13 rings (SSSR count). The molecule has 0 amide bonds. The first-order valence-corrected chi connectivity index (χ1v) is 31.9. The monoisotopic (exact) mass is 1240 g/mol. The molecule has 0 aromatic carbocycles. The van der Waals surface area contributed by atoms with Gasteiger partial charge < -0.3 is 5.73 Å². The van der Waals surface area contributed by atoms with Crippen LogP contribution in [-0.2, 0) is 14.2 Å². The fourth-order valence-corrected chi connectivity index (χ4v) is 16.1. The van der Waals surface area contributed by atoms with Crippen molar-refractivity contribution >= 4 is 95.4 Å². The summed E-state index contributed by atoms with van der Waals surface area (Å²) in [5.74, 6) is 3.47. The Hall–Kier alpha value is -7.85. The summed E-state index contributed by atoms with van der Waals surface area (Å²) in [6.07, 6.45) is 17.1. The first kappa shape index (κ1) is 49.7. The standard InChI is InChI=1S/C24H16N6Se2.C24H16N6Se.C6H8N2.O2Se/c1-5-13-25-17(9-1)21-27-23(19-11-3-7-15-29(19)21)31-32-24-20-12-4-8-16-30(20)22(28-24)18-10-2-6-14-26-18;1-5-13-25-17(9-1)21-27-23(19-11-3-7-15-29(19)21)31-24-20-12-4-8-16-30(20)22(28-24)18-10-2-6-14-26-18;7-5-6-3-1-2-4-8-6;1-3-2/h1-16H;1-16H;1-4H,5,7H2;. The number of pyridine rings is 9. The molecule has 2 radical (unpaired) electrons. The van der Waals surface area contributed by atoms with Crippen LogP contribution in [0.3, 0.4) is 0 Å². The molecule has 0 fully saturated rings. The Kier molecular flexibility index (Phi) is 16.3. The Morgan fingerprint density at radius 3 is 0.905 bits per heavy atom. The fourth-order valence-electron chi connectivity index (χ4n) is 7.70. The molecule has 0 spiro atoms. The van der Waals surface area contributed by atoms with Gasteiger partial charge in [-0.1, -0.05) is 6.07 Å². The minimum atomic E-state index is -1.62. The Morgan fingerprint density at radius 1 is 0.351 bits per heavy atom. The number of nitrogens with two attached hydrogens (primary N) is 1. The fraction of sp³-hybridized carbons (Fsp3) is 0.0185. The number of hydrogen-bond acceptors (Lipinski definition) is 12. The molecule has 362 valence electrons. The van der Waals surface area contributed by atoms with Crippen LogP contribution in [0.15, 0.2) is 220 Å². The van der Waals surface area contributed by atoms with E-state index in [4.69, 9.17) is 33.3 Å². The van der Waals surface area contributed by atoms with Crippen LogP contribution >= 0.6 is 0 Å². The van der Waals surface area contributed by atoms with Crippen LogP contribution in [0.1, 0.15) is 5.69 Å². The number of hydrogen-bond donors (Lipinski definition) is 1. The van der Waals surface area contributed by atoms with Crippen LogP contribution in [0.2, 0.25) is 0 Å². The van der Waals surface area contributed by atoms with E-state index in [-0.39, 0.29) is 40.2 Å². The average Bonchev–Trinajstić information content (AvgIpc) is 4.25. The van der Waals surface area contributed by atoms with Crippen LogP contribution in [0, 0.1) is 0 Å². The average molecular weight is 1230 g/mol. The van der Waals surface area contributed by atoms with Crippen molar-refractivity contribution in [1.29, 1.82) is 0 Å². The summed E-state index contributed by atoms with van der Waals surface area (Å²) in [6, 6.07) is 54.2. The van der Waals surface area contributed by atoms with Crippen molar-refractivity contribution in [3.05, 3.63) is 225 Å². The topological polar surface area (TPSA) is 194 Å². The van der Waals surface area contributed by atoms with Crippen LogP contribution in [0.25, 0.3) is 68.1 Å². The molecule has 0 unspecified atom stereocenters. The van der Waals surface area contributed by atoms with Crippen LogP contribution in [0.5, 0.6) is 0 Å². The molecule has 0 aliphatic heterocycles. The number of rotatable bonds is 9. The van der Waals surface area contributed by atoms with Gasteiger partial charge in [-0.05, 0) is 12.1 Å². The van der Waals surface area contributed by atoms with Gasteiger partial charge in [-0.2, -0.15) is 0 Å². The summed E-state index contributed by atoms with van der Waals surface area (Å²) in [4.78, 5) is 42.1. The van der Waals surface area contributed by atoms with Crippen LogP contribution < -0.4 is 24.1 Å². The van der Waals surface area contributed by atoms with Gasteiger partial charge in [0.15, 0.2) is 0 Å². The number of nitrogens with zero attached hydrogens (tertiary/aromatic N) is 13. The van der Waals surface area contributed by atoms with E-state index in [1.807, 2.05) is 152 Å². The van der Waals surface area contributed by atoms with Gasteiger partial charge in [0.1, 0.15) is 0 Å². The van der Waals surface area contributed by atoms with Crippen molar-refractivity contribution in [3.8, 4) is 46.1 Å². The van der Waals surface area contributed by atoms with Gasteiger partial charge in [-0.25, -0.2) is 0 Å². The second-order valence-corrected chi connectivity index (χ2v) is 23.8. The van der Waals surface area contributed by atoms with Gasteiger partial charge in [0.2, 0.25) is 0 Å². The normalized spacial score (nSPS) is 10.9.